The molecule has 0 aliphatic rings. The molecule has 9 heteroatoms. The molecule has 9 nitrogen and oxygen atoms in total. The quantitative estimate of drug-likeness (QED) is 0.162. The second-order valence-electron chi connectivity index (χ2n) is 13.4. The molecule has 2 heterocycles. The van der Waals surface area contributed by atoms with Crippen molar-refractivity contribution in [2.45, 2.75) is 54.6 Å². The molecule has 0 fully saturated rings. The lowest BCUT2D eigenvalue weighted by Crippen LogP contribution is -2.33. The normalized spacial score (nSPS) is 10.6. The molecule has 2 N–H and O–H groups in total. The molecule has 2 aromatic heterocycles. The molecule has 0 saturated heterocycles. The van der Waals surface area contributed by atoms with Crippen LogP contribution in [0.5, 0.6) is 5.75 Å². The number of hydrogen-bond acceptors (Lipinski definition) is 5. The maximum atomic E-state index is 13.0. The molecule has 0 bridgehead atoms. The lowest BCUT2D eigenvalue weighted by molar-refractivity contribution is 0.0941. The molecule has 0 aliphatic heterocycles. The number of methoxy groups -OCH3 is 1. The van der Waals surface area contributed by atoms with E-state index >= 15 is 0 Å². The molecule has 6 aromatic rings. The maximum absolute atomic E-state index is 13.0. The third kappa shape index (κ3) is 9.49. The molecule has 2 amide bonds. The van der Waals surface area contributed by atoms with E-state index in [0.29, 0.717) is 13.1 Å². The van der Waals surface area contributed by atoms with E-state index in [2.05, 4.69) is 22.8 Å². The molecule has 0 unspecified atom stereocenters. The Morgan fingerprint density at radius 1 is 0.519 bits per heavy atom. The van der Waals surface area contributed by atoms with Crippen LogP contribution in [0.1, 0.15) is 65.5 Å². The summed E-state index contributed by atoms with van der Waals surface area (Å²) < 4.78 is 8.31. The predicted molar refractivity (Wildman–Crippen MR) is 214 cm³/mol. The van der Waals surface area contributed by atoms with Crippen molar-refractivity contribution in [2.75, 3.05) is 7.11 Å². The van der Waals surface area contributed by atoms with Crippen molar-refractivity contribution >= 4 is 11.8 Å². The Bertz CT molecular complexity index is 2370. The summed E-state index contributed by atoms with van der Waals surface area (Å²) >= 11 is 0. The minimum absolute atomic E-state index is 0.123. The minimum atomic E-state index is -0.390. The topological polar surface area (TPSA) is 111 Å². The molecular formula is C45H46N4O5. The number of hydrogen-bond donors (Lipinski definition) is 2. The van der Waals surface area contributed by atoms with E-state index in [1.165, 1.54) is 0 Å². The van der Waals surface area contributed by atoms with Crippen molar-refractivity contribution in [3.05, 3.63) is 192 Å². The number of benzene rings is 4. The Hall–Kier alpha value is -6.48. The highest BCUT2D eigenvalue weighted by molar-refractivity contribution is 5.94. The van der Waals surface area contributed by atoms with Gasteiger partial charge in [-0.3, -0.25) is 28.3 Å². The van der Waals surface area contributed by atoms with Gasteiger partial charge in [0.05, 0.1) is 7.11 Å². The molecule has 0 radical (unpaired) electrons. The molecule has 0 atom stereocenters. The third-order valence-corrected chi connectivity index (χ3v) is 8.88. The summed E-state index contributed by atoms with van der Waals surface area (Å²) in [5.41, 5.74) is 8.95. The number of aryl methyl sites for hydroxylation is 6. The highest BCUT2D eigenvalue weighted by Crippen LogP contribution is 2.17. The van der Waals surface area contributed by atoms with Crippen molar-refractivity contribution in [1.82, 2.24) is 19.8 Å². The van der Waals surface area contributed by atoms with Gasteiger partial charge >= 0.3 is 0 Å². The van der Waals surface area contributed by atoms with E-state index in [1.807, 2.05) is 120 Å². The van der Waals surface area contributed by atoms with Crippen LogP contribution in [0.4, 0.5) is 0 Å². The molecule has 6 rings (SSSR count). The Kier molecular flexibility index (Phi) is 12.5. The van der Waals surface area contributed by atoms with Crippen molar-refractivity contribution in [1.29, 1.82) is 0 Å². The molecule has 54 heavy (non-hydrogen) atoms. The largest absolute Gasteiger partial charge is 0.497 e. The van der Waals surface area contributed by atoms with Gasteiger partial charge in [0, 0.05) is 35.9 Å². The summed E-state index contributed by atoms with van der Waals surface area (Å²) in [7, 11) is 1.61. The first-order valence-electron chi connectivity index (χ1n) is 17.7. The summed E-state index contributed by atoms with van der Waals surface area (Å²) in [5, 5.41) is 5.65. The third-order valence-electron chi connectivity index (χ3n) is 8.88. The van der Waals surface area contributed by atoms with Gasteiger partial charge in [-0.15, -0.1) is 0 Å². The van der Waals surface area contributed by atoms with Crippen LogP contribution in [0.2, 0.25) is 0 Å². The zero-order valence-corrected chi connectivity index (χ0v) is 31.8. The fourth-order valence-corrected chi connectivity index (χ4v) is 6.30. The van der Waals surface area contributed by atoms with Gasteiger partial charge in [0.1, 0.15) is 16.9 Å². The summed E-state index contributed by atoms with van der Waals surface area (Å²) in [5.74, 6) is 0.000802. The van der Waals surface area contributed by atoms with Gasteiger partial charge in [0.2, 0.25) is 0 Å². The van der Waals surface area contributed by atoms with Gasteiger partial charge in [0.15, 0.2) is 0 Å². The van der Waals surface area contributed by atoms with Gasteiger partial charge in [-0.05, 0) is 136 Å². The van der Waals surface area contributed by atoms with Crippen LogP contribution in [0.25, 0.3) is 11.4 Å². The summed E-state index contributed by atoms with van der Waals surface area (Å²) in [4.78, 5) is 51.2. The second kappa shape index (κ2) is 17.4. The Morgan fingerprint density at radius 3 is 1.30 bits per heavy atom. The lowest BCUT2D eigenvalue weighted by Gasteiger charge is -2.14. The van der Waals surface area contributed by atoms with Crippen LogP contribution in [0.15, 0.2) is 125 Å². The first kappa shape index (κ1) is 38.7. The molecule has 0 aliphatic carbocycles. The number of carbonyl (C=O) groups is 2. The monoisotopic (exact) mass is 722 g/mol. The number of aromatic nitrogens is 2. The number of ether oxygens (including phenoxy) is 1. The molecule has 276 valence electrons. The van der Waals surface area contributed by atoms with E-state index in [0.717, 1.165) is 61.9 Å². The number of amides is 2. The van der Waals surface area contributed by atoms with Crippen molar-refractivity contribution in [3.63, 3.8) is 0 Å². The maximum Gasteiger partial charge on any atom is 0.268 e. The fourth-order valence-electron chi connectivity index (χ4n) is 6.30. The van der Waals surface area contributed by atoms with Crippen molar-refractivity contribution in [3.8, 4) is 17.1 Å². The Balaban J connectivity index is 0.000000208. The van der Waals surface area contributed by atoms with E-state index < -0.39 is 0 Å². The molecule has 0 saturated carbocycles. The number of rotatable bonds is 9. The van der Waals surface area contributed by atoms with Gasteiger partial charge in [0.25, 0.3) is 22.9 Å². The average Bonchev–Trinajstić information content (AvgIpc) is 3.13. The van der Waals surface area contributed by atoms with Crippen LogP contribution in [0.3, 0.4) is 0 Å². The minimum Gasteiger partial charge on any atom is -0.497 e. The van der Waals surface area contributed by atoms with Crippen LogP contribution in [-0.2, 0) is 13.1 Å². The molecule has 4 aromatic carbocycles. The SMILES string of the molecule is COc1ccc(CNC(=O)c2ccc(C)n(-c3cc(C)cc(C)c3)c2=O)cc1.Cc1cc(C)cc(-n2c(C)ccc(C(=O)NCc3ccccc3)c2=O)c1. The Morgan fingerprint density at radius 2 is 0.907 bits per heavy atom. The first-order chi connectivity index (χ1) is 25.8. The summed E-state index contributed by atoms with van der Waals surface area (Å²) in [6.07, 6.45) is 0. The summed E-state index contributed by atoms with van der Waals surface area (Å²) in [6, 6.07) is 35.7. The van der Waals surface area contributed by atoms with Crippen molar-refractivity contribution < 1.29 is 14.3 Å². The van der Waals surface area contributed by atoms with Crippen LogP contribution in [0, 0.1) is 41.5 Å². The van der Waals surface area contributed by atoms with Crippen molar-refractivity contribution in [2.24, 2.45) is 0 Å². The van der Waals surface area contributed by atoms with E-state index in [1.54, 1.807) is 40.5 Å². The summed E-state index contributed by atoms with van der Waals surface area (Å²) in [6.45, 7) is 12.4. The van der Waals surface area contributed by atoms with Crippen LogP contribution < -0.4 is 26.5 Å². The number of nitrogens with one attached hydrogen (secondary N) is 2. The Labute approximate surface area is 315 Å². The molecular weight excluding hydrogens is 677 g/mol. The number of nitrogens with zero attached hydrogens (tertiary/aromatic N) is 2. The zero-order valence-electron chi connectivity index (χ0n) is 31.8. The number of carbonyl (C=O) groups excluding carboxylic acids is 2. The van der Waals surface area contributed by atoms with Gasteiger partial charge in [-0.1, -0.05) is 54.6 Å². The van der Waals surface area contributed by atoms with Crippen LogP contribution in [-0.4, -0.2) is 28.1 Å². The molecule has 0 spiro atoms. The standard InChI is InChI=1S/C23H24N2O3.C22H22N2O2/c1-15-11-16(2)13-19(12-15)25-17(3)5-10-21(23(25)27)22(26)24-14-18-6-8-20(28-4)9-7-18;1-15-11-16(2)13-19(12-15)24-17(3)9-10-20(22(24)26)21(25)23-14-18-7-5-4-6-8-18/h5-13H,14H2,1-4H3,(H,24,26);4-13H,14H2,1-3H3,(H,23,25). The van der Waals surface area contributed by atoms with Gasteiger partial charge in [-0.2, -0.15) is 0 Å². The zero-order chi connectivity index (χ0) is 38.9. The van der Waals surface area contributed by atoms with Gasteiger partial charge < -0.3 is 15.4 Å². The first-order valence-corrected chi connectivity index (χ1v) is 17.7. The van der Waals surface area contributed by atoms with E-state index in [4.69, 9.17) is 4.74 Å². The predicted octanol–water partition coefficient (Wildman–Crippen LogP) is 7.39. The number of pyridine rings is 2. The smallest absolute Gasteiger partial charge is 0.268 e. The van der Waals surface area contributed by atoms with E-state index in [-0.39, 0.29) is 34.1 Å². The lowest BCUT2D eigenvalue weighted by atomic mass is 10.1. The van der Waals surface area contributed by atoms with Gasteiger partial charge in [-0.25, -0.2) is 0 Å². The fraction of sp³-hybridized carbons (Fsp3) is 0.200. The highest BCUT2D eigenvalue weighted by Gasteiger charge is 2.17. The highest BCUT2D eigenvalue weighted by atomic mass is 16.5. The van der Waals surface area contributed by atoms with E-state index in [9.17, 15) is 19.2 Å². The van der Waals surface area contributed by atoms with Crippen LogP contribution >= 0.6 is 0 Å². The average molecular weight is 723 g/mol. The second-order valence-corrected chi connectivity index (χ2v) is 13.4.